The Morgan fingerprint density at radius 2 is 2.06 bits per heavy atom. The van der Waals surface area contributed by atoms with Gasteiger partial charge in [-0.3, -0.25) is 0 Å². The number of hydrogen-bond acceptors (Lipinski definition) is 3. The number of hydrogen-bond donors (Lipinski definition) is 1. The number of nitrogens with two attached hydrogens (primary N) is 1. The maximum Gasteiger partial charge on any atom is 0.201 e. The van der Waals surface area contributed by atoms with E-state index in [2.05, 4.69) is 48.3 Å². The maximum atomic E-state index is 5.99. The quantitative estimate of drug-likeness (QED) is 0.715. The Bertz CT molecular complexity index is 717. The van der Waals surface area contributed by atoms with Crippen LogP contribution in [0.1, 0.15) is 4.88 Å². The van der Waals surface area contributed by atoms with Crippen LogP contribution < -0.4 is 5.73 Å². The lowest BCUT2D eigenvalue weighted by molar-refractivity contribution is 0.852. The van der Waals surface area contributed by atoms with Crippen LogP contribution in [0, 0.1) is 0 Å². The molecule has 2 heterocycles. The second-order valence-electron chi connectivity index (χ2n) is 3.92. The van der Waals surface area contributed by atoms with Gasteiger partial charge in [-0.15, -0.1) is 11.3 Å². The van der Waals surface area contributed by atoms with Gasteiger partial charge in [-0.25, -0.2) is 4.98 Å². The summed E-state index contributed by atoms with van der Waals surface area (Å²) in [7, 11) is 0. The molecule has 0 fully saturated rings. The van der Waals surface area contributed by atoms with Crippen molar-refractivity contribution in [2.24, 2.45) is 0 Å². The zero-order valence-electron chi connectivity index (χ0n) is 9.23. The third-order valence-corrected chi connectivity index (χ3v) is 4.85. The number of nitrogen functional groups attached to an aromatic ring is 1. The first-order chi connectivity index (χ1) is 8.63. The van der Waals surface area contributed by atoms with Crippen LogP contribution in [0.15, 0.2) is 38.6 Å². The zero-order valence-corrected chi connectivity index (χ0v) is 13.2. The largest absolute Gasteiger partial charge is 0.369 e. The van der Waals surface area contributed by atoms with E-state index in [0.29, 0.717) is 5.95 Å². The van der Waals surface area contributed by atoms with Gasteiger partial charge in [-0.2, -0.15) is 0 Å². The predicted molar refractivity (Wildman–Crippen MR) is 83.0 cm³/mol. The summed E-state index contributed by atoms with van der Waals surface area (Å²) in [5.41, 5.74) is 7.96. The molecular formula is C12H9Br2N3S. The topological polar surface area (TPSA) is 43.8 Å². The van der Waals surface area contributed by atoms with E-state index < -0.39 is 0 Å². The molecule has 18 heavy (non-hydrogen) atoms. The van der Waals surface area contributed by atoms with Gasteiger partial charge in [-0.05, 0) is 40.2 Å². The number of anilines is 1. The number of thiophene rings is 1. The van der Waals surface area contributed by atoms with Gasteiger partial charge in [0.1, 0.15) is 0 Å². The molecule has 0 amide bonds. The van der Waals surface area contributed by atoms with E-state index in [-0.39, 0.29) is 0 Å². The minimum Gasteiger partial charge on any atom is -0.369 e. The van der Waals surface area contributed by atoms with Crippen LogP contribution in [-0.4, -0.2) is 9.55 Å². The van der Waals surface area contributed by atoms with Crippen molar-refractivity contribution >= 4 is 60.2 Å². The summed E-state index contributed by atoms with van der Waals surface area (Å²) in [6.45, 7) is 0.750. The summed E-state index contributed by atoms with van der Waals surface area (Å²) in [6.07, 6.45) is 0. The van der Waals surface area contributed by atoms with Gasteiger partial charge in [0, 0.05) is 19.2 Å². The lowest BCUT2D eigenvalue weighted by atomic mass is 10.3. The predicted octanol–water partition coefficient (Wildman–Crippen LogP) is 4.25. The van der Waals surface area contributed by atoms with Crippen molar-refractivity contribution < 1.29 is 0 Å². The van der Waals surface area contributed by atoms with E-state index in [1.165, 1.54) is 4.88 Å². The van der Waals surface area contributed by atoms with Crippen molar-refractivity contribution in [3.05, 3.63) is 43.5 Å². The van der Waals surface area contributed by atoms with Crippen LogP contribution in [0.25, 0.3) is 11.0 Å². The Morgan fingerprint density at radius 1 is 1.22 bits per heavy atom. The highest BCUT2D eigenvalue weighted by molar-refractivity contribution is 9.10. The zero-order chi connectivity index (χ0) is 12.7. The summed E-state index contributed by atoms with van der Waals surface area (Å²) in [5.74, 6) is 0.549. The van der Waals surface area contributed by atoms with Gasteiger partial charge in [0.2, 0.25) is 5.95 Å². The smallest absolute Gasteiger partial charge is 0.201 e. The number of halogens is 2. The number of rotatable bonds is 2. The fourth-order valence-corrected chi connectivity index (χ4v) is 3.67. The van der Waals surface area contributed by atoms with Crippen LogP contribution >= 0.6 is 43.2 Å². The van der Waals surface area contributed by atoms with Crippen molar-refractivity contribution in [3.8, 4) is 0 Å². The molecule has 3 rings (SSSR count). The number of fused-ring (bicyclic) bond motifs is 1. The van der Waals surface area contributed by atoms with E-state index in [9.17, 15) is 0 Å². The van der Waals surface area contributed by atoms with Gasteiger partial charge in [0.05, 0.1) is 17.6 Å². The Labute approximate surface area is 125 Å². The van der Waals surface area contributed by atoms with Crippen molar-refractivity contribution in [2.75, 3.05) is 5.73 Å². The monoisotopic (exact) mass is 385 g/mol. The molecule has 0 saturated carbocycles. The van der Waals surface area contributed by atoms with Crippen LogP contribution in [-0.2, 0) is 6.54 Å². The van der Waals surface area contributed by atoms with Crippen LogP contribution in [0.5, 0.6) is 0 Å². The molecule has 0 bridgehead atoms. The molecule has 6 heteroatoms. The van der Waals surface area contributed by atoms with Gasteiger partial charge >= 0.3 is 0 Å². The van der Waals surface area contributed by atoms with Crippen molar-refractivity contribution in [3.63, 3.8) is 0 Å². The Balaban J connectivity index is 2.08. The first kappa shape index (κ1) is 12.2. The molecule has 92 valence electrons. The first-order valence-electron chi connectivity index (χ1n) is 5.27. The summed E-state index contributed by atoms with van der Waals surface area (Å²) in [4.78, 5) is 5.63. The molecule has 0 spiro atoms. The van der Waals surface area contributed by atoms with E-state index in [4.69, 9.17) is 5.73 Å². The van der Waals surface area contributed by atoms with E-state index in [1.807, 2.05) is 22.8 Å². The number of imidazole rings is 1. The van der Waals surface area contributed by atoms with E-state index in [0.717, 1.165) is 26.5 Å². The van der Waals surface area contributed by atoms with Gasteiger partial charge in [0.25, 0.3) is 0 Å². The lowest BCUT2D eigenvalue weighted by Gasteiger charge is -2.04. The summed E-state index contributed by atoms with van der Waals surface area (Å²) < 4.78 is 4.15. The Hall–Kier alpha value is -0.850. The Morgan fingerprint density at radius 3 is 2.78 bits per heavy atom. The fourth-order valence-electron chi connectivity index (χ4n) is 1.88. The standard InChI is InChI=1S/C12H9Br2N3S/c13-7-1-2-11-10(4-7)16-12(15)17(11)5-9-3-8(14)6-18-9/h1-4,6H,5H2,(H2,15,16). The molecule has 0 saturated heterocycles. The lowest BCUT2D eigenvalue weighted by Crippen LogP contribution is -2.03. The summed E-state index contributed by atoms with van der Waals surface area (Å²) in [6, 6.07) is 8.12. The molecule has 0 atom stereocenters. The minimum absolute atomic E-state index is 0.549. The third kappa shape index (κ3) is 2.20. The van der Waals surface area contributed by atoms with Crippen molar-refractivity contribution in [1.82, 2.24) is 9.55 Å². The Kier molecular flexibility index (Phi) is 3.17. The molecular weight excluding hydrogens is 378 g/mol. The molecule has 0 aliphatic rings. The van der Waals surface area contributed by atoms with Crippen LogP contribution in [0.3, 0.4) is 0 Å². The molecule has 0 aliphatic carbocycles. The second-order valence-corrected chi connectivity index (χ2v) is 6.75. The molecule has 0 aliphatic heterocycles. The van der Waals surface area contributed by atoms with Crippen LogP contribution in [0.2, 0.25) is 0 Å². The highest BCUT2D eigenvalue weighted by Gasteiger charge is 2.09. The van der Waals surface area contributed by atoms with Gasteiger partial charge < -0.3 is 10.3 Å². The van der Waals surface area contributed by atoms with Crippen molar-refractivity contribution in [2.45, 2.75) is 6.54 Å². The highest BCUT2D eigenvalue weighted by atomic mass is 79.9. The molecule has 0 unspecified atom stereocenters. The normalized spacial score (nSPS) is 11.2. The van der Waals surface area contributed by atoms with Gasteiger partial charge in [0.15, 0.2) is 0 Å². The molecule has 2 aromatic heterocycles. The minimum atomic E-state index is 0.549. The maximum absolute atomic E-state index is 5.99. The van der Waals surface area contributed by atoms with E-state index >= 15 is 0 Å². The highest BCUT2D eigenvalue weighted by Crippen LogP contribution is 2.26. The molecule has 3 aromatic rings. The summed E-state index contributed by atoms with van der Waals surface area (Å²) >= 11 is 8.61. The molecule has 1 aromatic carbocycles. The summed E-state index contributed by atoms with van der Waals surface area (Å²) in [5, 5.41) is 2.07. The second kappa shape index (κ2) is 4.68. The molecule has 2 N–H and O–H groups in total. The van der Waals surface area contributed by atoms with Gasteiger partial charge in [-0.1, -0.05) is 15.9 Å². The average molecular weight is 387 g/mol. The number of aromatic nitrogens is 2. The van der Waals surface area contributed by atoms with Crippen molar-refractivity contribution in [1.29, 1.82) is 0 Å². The molecule has 0 radical (unpaired) electrons. The average Bonchev–Trinajstić information content (AvgIpc) is 2.84. The van der Waals surface area contributed by atoms with Crippen LogP contribution in [0.4, 0.5) is 5.95 Å². The third-order valence-electron chi connectivity index (χ3n) is 2.68. The fraction of sp³-hybridized carbons (Fsp3) is 0.0833. The van der Waals surface area contributed by atoms with E-state index in [1.54, 1.807) is 11.3 Å². The first-order valence-corrected chi connectivity index (χ1v) is 7.74. The molecule has 3 nitrogen and oxygen atoms in total. The SMILES string of the molecule is Nc1nc2cc(Br)ccc2n1Cc1cc(Br)cs1. The number of nitrogens with zero attached hydrogens (tertiary/aromatic N) is 2. The number of benzene rings is 1.